The van der Waals surface area contributed by atoms with Crippen molar-refractivity contribution in [1.82, 2.24) is 4.72 Å². The highest BCUT2D eigenvalue weighted by Crippen LogP contribution is 2.24. The monoisotopic (exact) mass is 438 g/mol. The zero-order valence-electron chi connectivity index (χ0n) is 15.4. The van der Waals surface area contributed by atoms with Crippen molar-refractivity contribution in [2.45, 2.75) is 17.7 Å². The molecule has 0 aromatic heterocycles. The van der Waals surface area contributed by atoms with Gasteiger partial charge in [0.25, 0.3) is 0 Å². The molecule has 0 aliphatic carbocycles. The number of sulfonamides is 1. The molecular formula is C20H17F3N2O4S. The molecule has 3 aromatic carbocycles. The van der Waals surface area contributed by atoms with Gasteiger partial charge in [0.2, 0.25) is 15.9 Å². The Morgan fingerprint density at radius 3 is 2.30 bits per heavy atom. The van der Waals surface area contributed by atoms with E-state index in [0.29, 0.717) is 5.69 Å². The highest BCUT2D eigenvalue weighted by Gasteiger charge is 2.31. The lowest BCUT2D eigenvalue weighted by Crippen LogP contribution is -2.28. The second-order valence-electron chi connectivity index (χ2n) is 6.24. The third-order valence-corrected chi connectivity index (χ3v) is 5.55. The SMILES string of the molecule is O=C(CCNS(=O)(=O)c1ccc(OC(F)(F)F)cc1)Nc1cccc2ccccc12. The van der Waals surface area contributed by atoms with Crippen LogP contribution in [0.5, 0.6) is 5.75 Å². The van der Waals surface area contributed by atoms with Crippen LogP contribution in [0.4, 0.5) is 18.9 Å². The van der Waals surface area contributed by atoms with Crippen LogP contribution in [-0.2, 0) is 14.8 Å². The summed E-state index contributed by atoms with van der Waals surface area (Å²) in [5, 5.41) is 4.55. The third kappa shape index (κ3) is 5.71. The van der Waals surface area contributed by atoms with Crippen LogP contribution < -0.4 is 14.8 Å². The van der Waals surface area contributed by atoms with Crippen LogP contribution >= 0.6 is 0 Å². The van der Waals surface area contributed by atoms with Crippen molar-refractivity contribution >= 4 is 32.4 Å². The molecule has 0 bridgehead atoms. The summed E-state index contributed by atoms with van der Waals surface area (Å²) in [6.07, 6.45) is -4.99. The Labute approximate surface area is 170 Å². The Kier molecular flexibility index (Phi) is 6.28. The van der Waals surface area contributed by atoms with Crippen molar-refractivity contribution in [3.05, 3.63) is 66.7 Å². The fraction of sp³-hybridized carbons (Fsp3) is 0.150. The highest BCUT2D eigenvalue weighted by atomic mass is 32.2. The maximum atomic E-state index is 12.2. The third-order valence-electron chi connectivity index (χ3n) is 4.08. The molecule has 0 atom stereocenters. The molecule has 6 nitrogen and oxygen atoms in total. The maximum Gasteiger partial charge on any atom is 0.573 e. The largest absolute Gasteiger partial charge is 0.573 e. The number of carbonyl (C=O) groups is 1. The number of halogens is 3. The van der Waals surface area contributed by atoms with Crippen LogP contribution in [0.2, 0.25) is 0 Å². The van der Waals surface area contributed by atoms with Crippen LogP contribution in [0.25, 0.3) is 10.8 Å². The molecule has 10 heteroatoms. The van der Waals surface area contributed by atoms with E-state index >= 15 is 0 Å². The average Bonchev–Trinajstić information content (AvgIpc) is 2.67. The number of nitrogens with one attached hydrogen (secondary N) is 2. The summed E-state index contributed by atoms with van der Waals surface area (Å²) in [4.78, 5) is 11.9. The topological polar surface area (TPSA) is 84.5 Å². The molecule has 2 N–H and O–H groups in total. The van der Waals surface area contributed by atoms with E-state index in [1.54, 1.807) is 12.1 Å². The Bertz CT molecular complexity index is 1140. The van der Waals surface area contributed by atoms with Gasteiger partial charge in [-0.15, -0.1) is 13.2 Å². The van der Waals surface area contributed by atoms with Gasteiger partial charge in [-0.1, -0.05) is 36.4 Å². The second kappa shape index (κ2) is 8.72. The van der Waals surface area contributed by atoms with E-state index in [1.165, 1.54) is 0 Å². The van der Waals surface area contributed by atoms with Gasteiger partial charge in [0.05, 0.1) is 4.90 Å². The van der Waals surface area contributed by atoms with Gasteiger partial charge in [-0.2, -0.15) is 0 Å². The van der Waals surface area contributed by atoms with Crippen molar-refractivity contribution < 1.29 is 31.1 Å². The zero-order chi connectivity index (χ0) is 21.8. The summed E-state index contributed by atoms with van der Waals surface area (Å²) in [5.41, 5.74) is 0.612. The number of rotatable bonds is 7. The lowest BCUT2D eigenvalue weighted by molar-refractivity contribution is -0.274. The van der Waals surface area contributed by atoms with Crippen molar-refractivity contribution in [3.63, 3.8) is 0 Å². The molecule has 0 aliphatic heterocycles. The number of ether oxygens (including phenoxy) is 1. The van der Waals surface area contributed by atoms with Crippen LogP contribution in [-0.4, -0.2) is 27.2 Å². The Morgan fingerprint density at radius 2 is 1.60 bits per heavy atom. The van der Waals surface area contributed by atoms with Gasteiger partial charge in [0.1, 0.15) is 5.75 Å². The standard InChI is InChI=1S/C20H17F3N2O4S/c21-20(22,23)29-15-8-10-16(11-9-15)30(27,28)24-13-12-19(26)25-18-7-3-5-14-4-1-2-6-17(14)18/h1-11,24H,12-13H2,(H,25,26). The van der Waals surface area contributed by atoms with E-state index < -0.39 is 22.1 Å². The van der Waals surface area contributed by atoms with Gasteiger partial charge in [-0.05, 0) is 35.7 Å². The van der Waals surface area contributed by atoms with E-state index in [9.17, 15) is 26.4 Å². The molecule has 0 spiro atoms. The molecular weight excluding hydrogens is 421 g/mol. The summed E-state index contributed by atoms with van der Waals surface area (Å²) in [7, 11) is -3.99. The number of hydrogen-bond acceptors (Lipinski definition) is 4. The molecule has 3 aromatic rings. The minimum atomic E-state index is -4.86. The van der Waals surface area contributed by atoms with Gasteiger partial charge < -0.3 is 10.1 Å². The quantitative estimate of drug-likeness (QED) is 0.583. The summed E-state index contributed by atoms with van der Waals surface area (Å²) in [6, 6.07) is 16.7. The number of alkyl halides is 3. The van der Waals surface area contributed by atoms with E-state index in [1.807, 2.05) is 30.3 Å². The predicted octanol–water partition coefficient (Wildman–Crippen LogP) is 4.05. The van der Waals surface area contributed by atoms with Crippen molar-refractivity contribution in [3.8, 4) is 5.75 Å². The van der Waals surface area contributed by atoms with Gasteiger partial charge >= 0.3 is 6.36 Å². The molecule has 0 aliphatic rings. The molecule has 0 radical (unpaired) electrons. The maximum absolute atomic E-state index is 12.2. The van der Waals surface area contributed by atoms with Crippen LogP contribution in [0, 0.1) is 0 Å². The first-order valence-corrected chi connectivity index (χ1v) is 10.3. The van der Waals surface area contributed by atoms with E-state index in [2.05, 4.69) is 14.8 Å². The van der Waals surface area contributed by atoms with Crippen LogP contribution in [0.3, 0.4) is 0 Å². The molecule has 0 fully saturated rings. The first kappa shape index (κ1) is 21.6. The first-order chi connectivity index (χ1) is 14.1. The molecule has 1 amide bonds. The summed E-state index contributed by atoms with van der Waals surface area (Å²) < 4.78 is 66.9. The van der Waals surface area contributed by atoms with Gasteiger partial charge in [0, 0.05) is 24.0 Å². The fourth-order valence-corrected chi connectivity index (χ4v) is 3.78. The molecule has 0 saturated carbocycles. The number of carbonyl (C=O) groups excluding carboxylic acids is 1. The number of fused-ring (bicyclic) bond motifs is 1. The second-order valence-corrected chi connectivity index (χ2v) is 8.01. The molecule has 0 saturated heterocycles. The highest BCUT2D eigenvalue weighted by molar-refractivity contribution is 7.89. The first-order valence-electron chi connectivity index (χ1n) is 8.77. The van der Waals surface area contributed by atoms with E-state index in [0.717, 1.165) is 35.0 Å². The normalized spacial score (nSPS) is 12.0. The summed E-state index contributed by atoms with van der Waals surface area (Å²) in [5.74, 6) is -0.918. The van der Waals surface area contributed by atoms with Crippen molar-refractivity contribution in [1.29, 1.82) is 0 Å². The molecule has 30 heavy (non-hydrogen) atoms. The summed E-state index contributed by atoms with van der Waals surface area (Å²) in [6.45, 7) is -0.181. The number of benzene rings is 3. The van der Waals surface area contributed by atoms with E-state index in [4.69, 9.17) is 0 Å². The van der Waals surface area contributed by atoms with Gasteiger partial charge in [0.15, 0.2) is 0 Å². The van der Waals surface area contributed by atoms with Crippen LogP contribution in [0.15, 0.2) is 71.6 Å². The lowest BCUT2D eigenvalue weighted by atomic mass is 10.1. The Morgan fingerprint density at radius 1 is 0.933 bits per heavy atom. The molecule has 0 unspecified atom stereocenters. The molecule has 3 rings (SSSR count). The summed E-state index contributed by atoms with van der Waals surface area (Å²) >= 11 is 0. The number of anilines is 1. The number of hydrogen-bond donors (Lipinski definition) is 2. The van der Waals surface area contributed by atoms with Gasteiger partial charge in [-0.3, -0.25) is 4.79 Å². The molecule has 158 valence electrons. The average molecular weight is 438 g/mol. The fourth-order valence-electron chi connectivity index (χ4n) is 2.75. The van der Waals surface area contributed by atoms with Crippen molar-refractivity contribution in [2.24, 2.45) is 0 Å². The van der Waals surface area contributed by atoms with Gasteiger partial charge in [-0.25, -0.2) is 13.1 Å². The zero-order valence-corrected chi connectivity index (χ0v) is 16.3. The van der Waals surface area contributed by atoms with E-state index in [-0.39, 0.29) is 23.8 Å². The number of amides is 1. The van der Waals surface area contributed by atoms with Crippen LogP contribution in [0.1, 0.15) is 6.42 Å². The predicted molar refractivity (Wildman–Crippen MR) is 106 cm³/mol. The Hall–Kier alpha value is -3.11. The lowest BCUT2D eigenvalue weighted by Gasteiger charge is -2.11. The smallest absolute Gasteiger partial charge is 0.406 e. The Balaban J connectivity index is 1.56. The van der Waals surface area contributed by atoms with Crippen molar-refractivity contribution in [2.75, 3.05) is 11.9 Å². The minimum absolute atomic E-state index is 0.127. The molecule has 0 heterocycles. The minimum Gasteiger partial charge on any atom is -0.406 e.